The topological polar surface area (TPSA) is 64.3 Å². The van der Waals surface area contributed by atoms with Gasteiger partial charge in [-0.3, -0.25) is 4.79 Å². The molecule has 1 aromatic rings. The summed E-state index contributed by atoms with van der Waals surface area (Å²) >= 11 is 0. The van der Waals surface area contributed by atoms with Gasteiger partial charge in [-0.1, -0.05) is 26.3 Å². The third-order valence-electron chi connectivity index (χ3n) is 3.81. The van der Waals surface area contributed by atoms with E-state index in [4.69, 9.17) is 10.5 Å². The minimum absolute atomic E-state index is 0.0849. The van der Waals surface area contributed by atoms with Crippen LogP contribution in [0, 0.1) is 5.41 Å². The fourth-order valence-electron chi connectivity index (χ4n) is 2.63. The first kappa shape index (κ1) is 13.7. The molecule has 0 aliphatic heterocycles. The molecule has 0 heterocycles. The second-order valence-corrected chi connectivity index (χ2v) is 5.86. The lowest BCUT2D eigenvalue weighted by Gasteiger charge is -2.28. The molecule has 0 bridgehead atoms. The van der Waals surface area contributed by atoms with E-state index < -0.39 is 5.91 Å². The molecule has 2 rings (SSSR count). The number of nitrogens with two attached hydrogens (primary N) is 1. The minimum Gasteiger partial charge on any atom is -0.484 e. The normalized spacial score (nSPS) is 21.1. The second-order valence-electron chi connectivity index (χ2n) is 5.86. The molecule has 4 nitrogen and oxygen atoms in total. The number of hydrogen-bond donors (Lipinski definition) is 2. The summed E-state index contributed by atoms with van der Waals surface area (Å²) in [6, 6.07) is 8.16. The highest BCUT2D eigenvalue weighted by molar-refractivity contribution is 5.75. The standard InChI is InChI=1S/C15H22N2O2/c1-15(2)8-4-7-13(15)17-11-5-3-6-12(9-11)19-10-14(16)18/h3,5-6,9,13,17H,4,7-8,10H2,1-2H3,(H2,16,18). The summed E-state index contributed by atoms with van der Waals surface area (Å²) in [5.41, 5.74) is 6.42. The Bertz CT molecular complexity index is 457. The largest absolute Gasteiger partial charge is 0.484 e. The summed E-state index contributed by atoms with van der Waals surface area (Å²) in [6.45, 7) is 4.51. The van der Waals surface area contributed by atoms with Gasteiger partial charge in [-0.05, 0) is 30.4 Å². The Balaban J connectivity index is 2.01. The number of primary amides is 1. The quantitative estimate of drug-likeness (QED) is 0.857. The van der Waals surface area contributed by atoms with Gasteiger partial charge in [0.05, 0.1) is 0 Å². The minimum atomic E-state index is -0.463. The molecule has 1 aromatic carbocycles. The van der Waals surface area contributed by atoms with Gasteiger partial charge >= 0.3 is 0 Å². The average Bonchev–Trinajstić information content (AvgIpc) is 2.67. The molecule has 0 aromatic heterocycles. The molecule has 1 saturated carbocycles. The van der Waals surface area contributed by atoms with Gasteiger partial charge in [-0.15, -0.1) is 0 Å². The van der Waals surface area contributed by atoms with Gasteiger partial charge < -0.3 is 15.8 Å². The SMILES string of the molecule is CC1(C)CCCC1Nc1cccc(OCC(N)=O)c1. The van der Waals surface area contributed by atoms with Gasteiger partial charge in [0.25, 0.3) is 5.91 Å². The zero-order chi connectivity index (χ0) is 13.9. The van der Waals surface area contributed by atoms with Crippen molar-refractivity contribution in [2.24, 2.45) is 11.1 Å². The molecule has 19 heavy (non-hydrogen) atoms. The fourth-order valence-corrected chi connectivity index (χ4v) is 2.63. The van der Waals surface area contributed by atoms with Crippen molar-refractivity contribution in [2.75, 3.05) is 11.9 Å². The van der Waals surface area contributed by atoms with Crippen LogP contribution in [-0.2, 0) is 4.79 Å². The predicted molar refractivity (Wildman–Crippen MR) is 76.2 cm³/mol. The number of amides is 1. The first-order valence-corrected chi connectivity index (χ1v) is 6.75. The summed E-state index contributed by atoms with van der Waals surface area (Å²) in [6.07, 6.45) is 3.71. The van der Waals surface area contributed by atoms with Gasteiger partial charge in [0, 0.05) is 17.8 Å². The number of rotatable bonds is 5. The number of carbonyl (C=O) groups is 1. The third-order valence-corrected chi connectivity index (χ3v) is 3.81. The molecular formula is C15H22N2O2. The fraction of sp³-hybridized carbons (Fsp3) is 0.533. The van der Waals surface area contributed by atoms with Crippen LogP contribution in [0.3, 0.4) is 0 Å². The molecular weight excluding hydrogens is 240 g/mol. The second kappa shape index (κ2) is 5.51. The van der Waals surface area contributed by atoms with Crippen molar-refractivity contribution in [1.29, 1.82) is 0 Å². The van der Waals surface area contributed by atoms with Crippen molar-refractivity contribution in [3.05, 3.63) is 24.3 Å². The molecule has 0 saturated heterocycles. The molecule has 0 radical (unpaired) electrons. The van der Waals surface area contributed by atoms with Gasteiger partial charge in [-0.2, -0.15) is 0 Å². The summed E-state index contributed by atoms with van der Waals surface area (Å²) in [4.78, 5) is 10.7. The number of nitrogens with one attached hydrogen (secondary N) is 1. The van der Waals surface area contributed by atoms with Crippen LogP contribution in [0.1, 0.15) is 33.1 Å². The summed E-state index contributed by atoms with van der Waals surface area (Å²) in [5, 5.41) is 3.56. The van der Waals surface area contributed by atoms with E-state index in [0.29, 0.717) is 17.2 Å². The highest BCUT2D eigenvalue weighted by atomic mass is 16.5. The van der Waals surface area contributed by atoms with E-state index >= 15 is 0 Å². The van der Waals surface area contributed by atoms with E-state index in [9.17, 15) is 4.79 Å². The van der Waals surface area contributed by atoms with Crippen molar-refractivity contribution >= 4 is 11.6 Å². The molecule has 0 spiro atoms. The molecule has 104 valence electrons. The maximum Gasteiger partial charge on any atom is 0.255 e. The first-order valence-electron chi connectivity index (χ1n) is 6.75. The lowest BCUT2D eigenvalue weighted by Crippen LogP contribution is -2.30. The molecule has 3 N–H and O–H groups in total. The van der Waals surface area contributed by atoms with E-state index in [0.717, 1.165) is 5.69 Å². The maximum atomic E-state index is 10.7. The van der Waals surface area contributed by atoms with Gasteiger partial charge in [0.15, 0.2) is 6.61 Å². The van der Waals surface area contributed by atoms with E-state index in [-0.39, 0.29) is 6.61 Å². The van der Waals surface area contributed by atoms with E-state index in [1.165, 1.54) is 19.3 Å². The Morgan fingerprint density at radius 3 is 2.95 bits per heavy atom. The number of carbonyl (C=O) groups excluding carboxylic acids is 1. The molecule has 1 amide bonds. The number of anilines is 1. The highest BCUT2D eigenvalue weighted by Gasteiger charge is 2.34. The van der Waals surface area contributed by atoms with Crippen molar-refractivity contribution in [3.8, 4) is 5.75 Å². The number of hydrogen-bond acceptors (Lipinski definition) is 3. The summed E-state index contributed by atoms with van der Waals surface area (Å²) < 4.78 is 5.31. The Labute approximate surface area is 114 Å². The van der Waals surface area contributed by atoms with E-state index in [2.05, 4.69) is 19.2 Å². The molecule has 1 aliphatic rings. The summed E-state index contributed by atoms with van der Waals surface area (Å²) in [7, 11) is 0. The lowest BCUT2D eigenvalue weighted by atomic mass is 9.87. The zero-order valence-electron chi connectivity index (χ0n) is 11.6. The highest BCUT2D eigenvalue weighted by Crippen LogP contribution is 2.39. The van der Waals surface area contributed by atoms with Crippen LogP contribution >= 0.6 is 0 Å². The van der Waals surface area contributed by atoms with Gasteiger partial charge in [-0.25, -0.2) is 0 Å². The molecule has 4 heteroatoms. The van der Waals surface area contributed by atoms with Crippen LogP contribution in [0.4, 0.5) is 5.69 Å². The first-order chi connectivity index (χ1) is 8.97. The van der Waals surface area contributed by atoms with Gasteiger partial charge in [0.1, 0.15) is 5.75 Å². The third kappa shape index (κ3) is 3.63. The smallest absolute Gasteiger partial charge is 0.255 e. The maximum absolute atomic E-state index is 10.7. The van der Waals surface area contributed by atoms with Crippen LogP contribution in [0.2, 0.25) is 0 Å². The molecule has 1 atom stereocenters. The average molecular weight is 262 g/mol. The zero-order valence-corrected chi connectivity index (χ0v) is 11.6. The lowest BCUT2D eigenvalue weighted by molar-refractivity contribution is -0.119. The predicted octanol–water partition coefficient (Wildman–Crippen LogP) is 2.54. The Kier molecular flexibility index (Phi) is 3.98. The van der Waals surface area contributed by atoms with Crippen LogP contribution < -0.4 is 15.8 Å². The Morgan fingerprint density at radius 1 is 1.53 bits per heavy atom. The number of benzene rings is 1. The van der Waals surface area contributed by atoms with Crippen LogP contribution in [0.5, 0.6) is 5.75 Å². The van der Waals surface area contributed by atoms with Crippen LogP contribution in [-0.4, -0.2) is 18.6 Å². The van der Waals surface area contributed by atoms with Crippen LogP contribution in [0.25, 0.3) is 0 Å². The molecule has 1 aliphatic carbocycles. The Morgan fingerprint density at radius 2 is 2.32 bits per heavy atom. The Hall–Kier alpha value is -1.71. The van der Waals surface area contributed by atoms with Crippen LogP contribution in [0.15, 0.2) is 24.3 Å². The molecule has 1 unspecified atom stereocenters. The molecule has 1 fully saturated rings. The monoisotopic (exact) mass is 262 g/mol. The van der Waals surface area contributed by atoms with E-state index in [1.54, 1.807) is 0 Å². The van der Waals surface area contributed by atoms with Gasteiger partial charge in [0.2, 0.25) is 0 Å². The van der Waals surface area contributed by atoms with E-state index in [1.807, 2.05) is 24.3 Å². The van der Waals surface area contributed by atoms with Crippen molar-refractivity contribution in [2.45, 2.75) is 39.2 Å². The van der Waals surface area contributed by atoms with Crippen molar-refractivity contribution in [3.63, 3.8) is 0 Å². The number of ether oxygens (including phenoxy) is 1. The van der Waals surface area contributed by atoms with Crippen molar-refractivity contribution in [1.82, 2.24) is 0 Å². The summed E-state index contributed by atoms with van der Waals surface area (Å²) in [5.74, 6) is 0.204. The van der Waals surface area contributed by atoms with Crippen molar-refractivity contribution < 1.29 is 9.53 Å².